The molecule has 0 aromatic rings. The fraction of sp³-hybridized carbons (Fsp3) is 1.00. The van der Waals surface area contributed by atoms with E-state index in [1.165, 1.54) is 0 Å². The SMILES string of the molecule is CCOP(O)(=S)OO. The van der Waals surface area contributed by atoms with Gasteiger partial charge in [0.25, 0.3) is 0 Å². The van der Waals surface area contributed by atoms with Crippen LogP contribution in [0.25, 0.3) is 0 Å². The number of hydrogen-bond donors (Lipinski definition) is 2. The zero-order chi connectivity index (χ0) is 6.62. The van der Waals surface area contributed by atoms with Gasteiger partial charge in [-0.3, -0.25) is 0 Å². The molecule has 0 rings (SSSR count). The maximum Gasteiger partial charge on any atom is 0.352 e. The topological polar surface area (TPSA) is 58.9 Å². The van der Waals surface area contributed by atoms with E-state index in [2.05, 4.69) is 21.0 Å². The molecular weight excluding hydrogens is 151 g/mol. The summed E-state index contributed by atoms with van der Waals surface area (Å²) in [5.41, 5.74) is 0. The Morgan fingerprint density at radius 3 is 2.38 bits per heavy atom. The van der Waals surface area contributed by atoms with Crippen molar-refractivity contribution in [1.29, 1.82) is 0 Å². The fourth-order valence-corrected chi connectivity index (χ4v) is 0.876. The van der Waals surface area contributed by atoms with E-state index in [1.807, 2.05) is 0 Å². The third kappa shape index (κ3) is 3.49. The Morgan fingerprint density at radius 1 is 1.75 bits per heavy atom. The highest BCUT2D eigenvalue weighted by Crippen LogP contribution is 2.41. The average Bonchev–Trinajstić information content (AvgIpc) is 1.67. The minimum absolute atomic E-state index is 0.230. The Hall–Kier alpha value is 0.490. The van der Waals surface area contributed by atoms with Crippen molar-refractivity contribution in [3.63, 3.8) is 0 Å². The van der Waals surface area contributed by atoms with Crippen LogP contribution in [0.2, 0.25) is 0 Å². The summed E-state index contributed by atoms with van der Waals surface area (Å²) in [6, 6.07) is 0. The van der Waals surface area contributed by atoms with E-state index in [4.69, 9.17) is 10.2 Å². The second-order valence-electron chi connectivity index (χ2n) is 0.968. The van der Waals surface area contributed by atoms with Crippen molar-refractivity contribution in [2.45, 2.75) is 6.92 Å². The second kappa shape index (κ2) is 3.50. The van der Waals surface area contributed by atoms with Crippen LogP contribution in [0, 0.1) is 0 Å². The van der Waals surface area contributed by atoms with E-state index in [1.54, 1.807) is 6.92 Å². The standard InChI is InChI=1S/C2H7O4PS/c1-2-5-7(4,8)6-3/h3H,2H2,1H3,(H,4,8). The molecule has 0 aliphatic carbocycles. The molecule has 0 bridgehead atoms. The summed E-state index contributed by atoms with van der Waals surface area (Å²) in [6.45, 7) is -1.42. The highest BCUT2D eigenvalue weighted by atomic mass is 32.5. The van der Waals surface area contributed by atoms with E-state index >= 15 is 0 Å². The predicted molar refractivity (Wildman–Crippen MR) is 31.8 cm³/mol. The molecule has 0 aliphatic heterocycles. The van der Waals surface area contributed by atoms with Crippen molar-refractivity contribution in [3.05, 3.63) is 0 Å². The molecule has 0 saturated carbocycles. The average molecular weight is 158 g/mol. The van der Waals surface area contributed by atoms with Crippen molar-refractivity contribution in [3.8, 4) is 0 Å². The Labute approximate surface area is 52.2 Å². The lowest BCUT2D eigenvalue weighted by Crippen LogP contribution is -1.89. The molecule has 0 saturated heterocycles. The summed E-state index contributed by atoms with van der Waals surface area (Å²) in [7, 11) is 0. The van der Waals surface area contributed by atoms with Crippen LogP contribution in [-0.2, 0) is 21.0 Å². The van der Waals surface area contributed by atoms with Crippen molar-refractivity contribution < 1.29 is 19.3 Å². The first-order chi connectivity index (χ1) is 3.62. The molecule has 0 aliphatic rings. The zero-order valence-electron chi connectivity index (χ0n) is 4.27. The molecular formula is C2H7O4PS. The van der Waals surface area contributed by atoms with E-state index < -0.39 is 6.72 Å². The normalized spacial score (nSPS) is 17.9. The van der Waals surface area contributed by atoms with Gasteiger partial charge in [-0.25, -0.2) is 5.26 Å². The zero-order valence-corrected chi connectivity index (χ0v) is 5.98. The first-order valence-corrected chi connectivity index (χ1v) is 4.52. The van der Waals surface area contributed by atoms with E-state index in [0.29, 0.717) is 0 Å². The smallest absolute Gasteiger partial charge is 0.323 e. The van der Waals surface area contributed by atoms with Gasteiger partial charge in [0.2, 0.25) is 0 Å². The molecule has 0 aromatic heterocycles. The van der Waals surface area contributed by atoms with Gasteiger partial charge in [0.15, 0.2) is 0 Å². The van der Waals surface area contributed by atoms with Crippen LogP contribution in [0.5, 0.6) is 0 Å². The van der Waals surface area contributed by atoms with Crippen LogP contribution in [0.1, 0.15) is 6.92 Å². The van der Waals surface area contributed by atoms with Crippen LogP contribution >= 0.6 is 6.72 Å². The van der Waals surface area contributed by atoms with Crippen LogP contribution in [0.4, 0.5) is 0 Å². The lowest BCUT2D eigenvalue weighted by Gasteiger charge is -2.07. The van der Waals surface area contributed by atoms with Gasteiger partial charge in [-0.2, -0.15) is 4.67 Å². The second-order valence-corrected chi connectivity index (χ2v) is 3.71. The molecule has 1 unspecified atom stereocenters. The third-order valence-corrected chi connectivity index (χ3v) is 1.70. The summed E-state index contributed by atoms with van der Waals surface area (Å²) in [4.78, 5) is 8.55. The molecule has 0 aromatic carbocycles. The van der Waals surface area contributed by atoms with Gasteiger partial charge >= 0.3 is 6.72 Å². The van der Waals surface area contributed by atoms with Gasteiger partial charge in [-0.1, -0.05) is 0 Å². The Kier molecular flexibility index (Phi) is 3.72. The fourth-order valence-electron chi connectivity index (χ4n) is 0.187. The maximum absolute atomic E-state index is 8.55. The summed E-state index contributed by atoms with van der Waals surface area (Å²) in [5.74, 6) is 0. The largest absolute Gasteiger partial charge is 0.352 e. The van der Waals surface area contributed by atoms with Crippen molar-refractivity contribution in [2.24, 2.45) is 0 Å². The summed E-state index contributed by atoms with van der Waals surface area (Å²) in [5, 5.41) is 7.80. The van der Waals surface area contributed by atoms with Crippen molar-refractivity contribution in [2.75, 3.05) is 6.61 Å². The van der Waals surface area contributed by atoms with Gasteiger partial charge < -0.3 is 9.42 Å². The molecule has 50 valence electrons. The van der Waals surface area contributed by atoms with E-state index in [-0.39, 0.29) is 6.61 Å². The summed E-state index contributed by atoms with van der Waals surface area (Å²) >= 11 is 4.22. The molecule has 0 fully saturated rings. The Bertz CT molecular complexity index is 104. The van der Waals surface area contributed by atoms with Gasteiger partial charge in [0.05, 0.1) is 6.61 Å². The molecule has 6 heteroatoms. The quantitative estimate of drug-likeness (QED) is 0.360. The van der Waals surface area contributed by atoms with Crippen LogP contribution in [0.15, 0.2) is 0 Å². The van der Waals surface area contributed by atoms with E-state index in [9.17, 15) is 0 Å². The lowest BCUT2D eigenvalue weighted by molar-refractivity contribution is -0.150. The maximum atomic E-state index is 8.55. The third-order valence-electron chi connectivity index (χ3n) is 0.395. The number of rotatable bonds is 3. The molecule has 2 N–H and O–H groups in total. The molecule has 0 heterocycles. The minimum Gasteiger partial charge on any atom is -0.323 e. The van der Waals surface area contributed by atoms with Crippen LogP contribution in [0.3, 0.4) is 0 Å². The molecule has 0 amide bonds. The Balaban J connectivity index is 3.55. The predicted octanol–water partition coefficient (Wildman–Crippen LogP) is 0.729. The van der Waals surface area contributed by atoms with Crippen molar-refractivity contribution >= 4 is 18.5 Å². The minimum atomic E-state index is -3.28. The molecule has 1 atom stereocenters. The highest BCUT2D eigenvalue weighted by Gasteiger charge is 2.11. The van der Waals surface area contributed by atoms with Crippen molar-refractivity contribution in [1.82, 2.24) is 0 Å². The monoisotopic (exact) mass is 158 g/mol. The summed E-state index contributed by atoms with van der Waals surface area (Å²) < 4.78 is 7.83. The lowest BCUT2D eigenvalue weighted by atomic mass is 10.9. The first kappa shape index (κ1) is 8.49. The molecule has 0 spiro atoms. The first-order valence-electron chi connectivity index (χ1n) is 1.93. The Morgan fingerprint density at radius 2 is 2.25 bits per heavy atom. The molecule has 4 nitrogen and oxygen atoms in total. The van der Waals surface area contributed by atoms with Gasteiger partial charge in [-0.15, -0.1) is 0 Å². The van der Waals surface area contributed by atoms with Gasteiger partial charge in [0, 0.05) is 0 Å². The summed E-state index contributed by atoms with van der Waals surface area (Å²) in [6.07, 6.45) is 0. The van der Waals surface area contributed by atoms with Gasteiger partial charge in [-0.05, 0) is 18.7 Å². The van der Waals surface area contributed by atoms with E-state index in [0.717, 1.165) is 0 Å². The van der Waals surface area contributed by atoms with Crippen LogP contribution < -0.4 is 0 Å². The molecule has 8 heavy (non-hydrogen) atoms. The van der Waals surface area contributed by atoms with Crippen LogP contribution in [-0.4, -0.2) is 16.8 Å². The highest BCUT2D eigenvalue weighted by molar-refractivity contribution is 8.07. The van der Waals surface area contributed by atoms with Gasteiger partial charge in [0.1, 0.15) is 0 Å². The molecule has 0 radical (unpaired) electrons. The number of hydrogen-bond acceptors (Lipinski definition) is 4.